The van der Waals surface area contributed by atoms with Crippen molar-refractivity contribution in [2.75, 3.05) is 6.54 Å². The molecular weight excluding hydrogens is 226 g/mol. The van der Waals surface area contributed by atoms with Crippen molar-refractivity contribution < 1.29 is 4.42 Å². The predicted molar refractivity (Wildman–Crippen MR) is 68.3 cm³/mol. The first-order chi connectivity index (χ1) is 8.86. The molecule has 3 rings (SSSR count). The summed E-state index contributed by atoms with van der Waals surface area (Å²) in [7, 11) is 0. The van der Waals surface area contributed by atoms with E-state index in [0.717, 1.165) is 25.3 Å². The first-order valence-electron chi connectivity index (χ1n) is 6.46. The van der Waals surface area contributed by atoms with Gasteiger partial charge >= 0.3 is 0 Å². The molecule has 18 heavy (non-hydrogen) atoms. The molecule has 1 aromatic carbocycles. The minimum atomic E-state index is 0.352. The Bertz CT molecular complexity index is 510. The van der Waals surface area contributed by atoms with Gasteiger partial charge in [0.05, 0.1) is 6.54 Å². The molecule has 1 N–H and O–H groups in total. The molecule has 0 radical (unpaired) electrons. The van der Waals surface area contributed by atoms with E-state index in [1.54, 1.807) is 0 Å². The van der Waals surface area contributed by atoms with Crippen molar-refractivity contribution in [2.24, 2.45) is 0 Å². The summed E-state index contributed by atoms with van der Waals surface area (Å²) in [4.78, 5) is 0. The molecule has 0 saturated heterocycles. The van der Waals surface area contributed by atoms with Crippen molar-refractivity contribution in [3.8, 4) is 0 Å². The molecule has 0 fully saturated rings. The summed E-state index contributed by atoms with van der Waals surface area (Å²) in [5, 5.41) is 11.4. The highest BCUT2D eigenvalue weighted by Gasteiger charge is 2.26. The number of hydrogen-bond acceptors (Lipinski definition) is 4. The van der Waals surface area contributed by atoms with Crippen molar-refractivity contribution in [1.29, 1.82) is 0 Å². The molecule has 1 aliphatic carbocycles. The smallest absolute Gasteiger partial charge is 0.230 e. The van der Waals surface area contributed by atoms with Crippen LogP contribution in [-0.2, 0) is 19.4 Å². The van der Waals surface area contributed by atoms with Crippen LogP contribution in [-0.4, -0.2) is 16.7 Å². The second kappa shape index (κ2) is 4.90. The van der Waals surface area contributed by atoms with Gasteiger partial charge < -0.3 is 9.73 Å². The van der Waals surface area contributed by atoms with Crippen LogP contribution >= 0.6 is 0 Å². The van der Waals surface area contributed by atoms with Crippen molar-refractivity contribution in [3.05, 3.63) is 47.2 Å². The summed E-state index contributed by atoms with van der Waals surface area (Å²) in [6.45, 7) is 3.63. The maximum absolute atomic E-state index is 5.72. The van der Waals surface area contributed by atoms with Gasteiger partial charge in [0.1, 0.15) is 0 Å². The second-order valence-corrected chi connectivity index (χ2v) is 4.69. The van der Waals surface area contributed by atoms with Gasteiger partial charge in [-0.3, -0.25) is 0 Å². The lowest BCUT2D eigenvalue weighted by molar-refractivity contribution is 0.408. The van der Waals surface area contributed by atoms with Gasteiger partial charge in [0, 0.05) is 5.92 Å². The lowest BCUT2D eigenvalue weighted by Gasteiger charge is -2.01. The summed E-state index contributed by atoms with van der Waals surface area (Å²) >= 11 is 0. The molecule has 1 aromatic heterocycles. The Kier molecular flexibility index (Phi) is 3.11. The van der Waals surface area contributed by atoms with Gasteiger partial charge in [-0.1, -0.05) is 31.2 Å². The quantitative estimate of drug-likeness (QED) is 0.893. The fourth-order valence-electron chi connectivity index (χ4n) is 2.47. The van der Waals surface area contributed by atoms with Crippen LogP contribution in [0.1, 0.15) is 35.7 Å². The maximum atomic E-state index is 5.72. The van der Waals surface area contributed by atoms with Crippen LogP contribution < -0.4 is 5.32 Å². The van der Waals surface area contributed by atoms with Crippen molar-refractivity contribution in [1.82, 2.24) is 15.5 Å². The Morgan fingerprint density at radius 1 is 1.22 bits per heavy atom. The lowest BCUT2D eigenvalue weighted by atomic mass is 10.1. The van der Waals surface area contributed by atoms with Gasteiger partial charge in [0.2, 0.25) is 11.8 Å². The molecule has 0 saturated carbocycles. The van der Waals surface area contributed by atoms with Crippen LogP contribution in [0, 0.1) is 0 Å². The van der Waals surface area contributed by atoms with E-state index in [2.05, 4.69) is 46.7 Å². The van der Waals surface area contributed by atoms with E-state index < -0.39 is 0 Å². The molecule has 0 amide bonds. The van der Waals surface area contributed by atoms with Crippen molar-refractivity contribution in [3.63, 3.8) is 0 Å². The highest BCUT2D eigenvalue weighted by Crippen LogP contribution is 2.32. The van der Waals surface area contributed by atoms with Crippen LogP contribution in [0.4, 0.5) is 0 Å². The lowest BCUT2D eigenvalue weighted by Crippen LogP contribution is -2.11. The standard InChI is InChI=1S/C14H17N3O/c1-2-15-9-13-16-17-14(18-13)12-7-10-5-3-4-6-11(10)8-12/h3-6,12,15H,2,7-9H2,1H3. The van der Waals surface area contributed by atoms with E-state index >= 15 is 0 Å². The van der Waals surface area contributed by atoms with Crippen molar-refractivity contribution >= 4 is 0 Å². The van der Waals surface area contributed by atoms with Gasteiger partial charge in [-0.25, -0.2) is 0 Å². The molecule has 0 aliphatic heterocycles. The molecule has 0 spiro atoms. The third-order valence-electron chi connectivity index (χ3n) is 3.41. The van der Waals surface area contributed by atoms with Gasteiger partial charge in [-0.15, -0.1) is 10.2 Å². The van der Waals surface area contributed by atoms with E-state index in [1.807, 2.05) is 0 Å². The first-order valence-corrected chi connectivity index (χ1v) is 6.46. The minimum absolute atomic E-state index is 0.352. The molecule has 0 unspecified atom stereocenters. The molecule has 4 nitrogen and oxygen atoms in total. The topological polar surface area (TPSA) is 51.0 Å². The Hall–Kier alpha value is -1.68. The molecule has 1 aliphatic rings. The summed E-state index contributed by atoms with van der Waals surface area (Å²) in [6.07, 6.45) is 2.03. The molecular formula is C14H17N3O. The van der Waals surface area contributed by atoms with E-state index in [-0.39, 0.29) is 0 Å². The minimum Gasteiger partial charge on any atom is -0.424 e. The Balaban J connectivity index is 1.72. The molecule has 4 heteroatoms. The first kappa shape index (κ1) is 11.4. The average Bonchev–Trinajstić information content (AvgIpc) is 3.02. The summed E-state index contributed by atoms with van der Waals surface area (Å²) in [6, 6.07) is 8.55. The summed E-state index contributed by atoms with van der Waals surface area (Å²) in [5.41, 5.74) is 2.82. The van der Waals surface area contributed by atoms with E-state index in [0.29, 0.717) is 18.4 Å². The summed E-state index contributed by atoms with van der Waals surface area (Å²) in [5.74, 6) is 1.81. The molecule has 94 valence electrons. The number of aromatic nitrogens is 2. The number of hydrogen-bond donors (Lipinski definition) is 1. The van der Waals surface area contributed by atoms with Gasteiger partial charge in [0.15, 0.2) is 0 Å². The molecule has 0 bridgehead atoms. The monoisotopic (exact) mass is 243 g/mol. The zero-order chi connectivity index (χ0) is 12.4. The zero-order valence-electron chi connectivity index (χ0n) is 10.5. The Morgan fingerprint density at radius 2 is 1.94 bits per heavy atom. The van der Waals surface area contributed by atoms with Crippen LogP contribution in [0.25, 0.3) is 0 Å². The number of nitrogens with one attached hydrogen (secondary N) is 1. The van der Waals surface area contributed by atoms with E-state index in [1.165, 1.54) is 11.1 Å². The van der Waals surface area contributed by atoms with E-state index in [4.69, 9.17) is 4.42 Å². The fraction of sp³-hybridized carbons (Fsp3) is 0.429. The predicted octanol–water partition coefficient (Wildman–Crippen LogP) is 2.06. The Labute approximate surface area is 106 Å². The van der Waals surface area contributed by atoms with E-state index in [9.17, 15) is 0 Å². The maximum Gasteiger partial charge on any atom is 0.230 e. The second-order valence-electron chi connectivity index (χ2n) is 4.69. The third kappa shape index (κ3) is 2.16. The zero-order valence-corrected chi connectivity index (χ0v) is 10.5. The van der Waals surface area contributed by atoms with Crippen molar-refractivity contribution in [2.45, 2.75) is 32.2 Å². The average molecular weight is 243 g/mol. The third-order valence-corrected chi connectivity index (χ3v) is 3.41. The highest BCUT2D eigenvalue weighted by atomic mass is 16.4. The van der Waals surface area contributed by atoms with Gasteiger partial charge in [-0.2, -0.15) is 0 Å². The van der Waals surface area contributed by atoms with Crippen LogP contribution in [0.5, 0.6) is 0 Å². The summed E-state index contributed by atoms with van der Waals surface area (Å²) < 4.78 is 5.72. The Morgan fingerprint density at radius 3 is 2.61 bits per heavy atom. The number of benzene rings is 1. The highest BCUT2D eigenvalue weighted by molar-refractivity contribution is 5.34. The number of nitrogens with zero attached hydrogens (tertiary/aromatic N) is 2. The number of rotatable bonds is 4. The van der Waals surface area contributed by atoms with Crippen LogP contribution in [0.15, 0.2) is 28.7 Å². The van der Waals surface area contributed by atoms with Gasteiger partial charge in [-0.05, 0) is 30.5 Å². The van der Waals surface area contributed by atoms with Crippen LogP contribution in [0.3, 0.4) is 0 Å². The largest absolute Gasteiger partial charge is 0.424 e. The normalized spacial score (nSPS) is 14.9. The molecule has 1 heterocycles. The molecule has 0 atom stereocenters. The SMILES string of the molecule is CCNCc1nnc(C2Cc3ccccc3C2)o1. The van der Waals surface area contributed by atoms with Gasteiger partial charge in [0.25, 0.3) is 0 Å². The molecule has 2 aromatic rings. The van der Waals surface area contributed by atoms with Crippen LogP contribution in [0.2, 0.25) is 0 Å². The number of fused-ring (bicyclic) bond motifs is 1. The fourth-order valence-corrected chi connectivity index (χ4v) is 2.47.